The fraction of sp³-hybridized carbons (Fsp3) is 0.200. The van der Waals surface area contributed by atoms with Crippen LogP contribution in [0.15, 0.2) is 29.4 Å². The van der Waals surface area contributed by atoms with E-state index in [-0.39, 0.29) is 0 Å². The van der Waals surface area contributed by atoms with Gasteiger partial charge in [-0.3, -0.25) is 0 Å². The van der Waals surface area contributed by atoms with Gasteiger partial charge in [0.2, 0.25) is 0 Å². The first kappa shape index (κ1) is 12.5. The number of urea groups is 1. The summed E-state index contributed by atoms with van der Waals surface area (Å²) >= 11 is 3.27. The molecular formula is C10H12BrN3O2. The number of primary amides is 1. The van der Waals surface area contributed by atoms with E-state index in [0.29, 0.717) is 6.61 Å². The van der Waals surface area contributed by atoms with Gasteiger partial charge in [-0.2, -0.15) is 5.10 Å². The topological polar surface area (TPSA) is 76.7 Å². The molecule has 1 rings (SSSR count). The smallest absolute Gasteiger partial charge is 0.332 e. The van der Waals surface area contributed by atoms with Crippen LogP contribution in [-0.2, 0) is 0 Å². The van der Waals surface area contributed by atoms with Crippen LogP contribution in [-0.4, -0.2) is 24.2 Å². The van der Waals surface area contributed by atoms with Crippen molar-refractivity contribution in [3.8, 4) is 5.75 Å². The zero-order valence-electron chi connectivity index (χ0n) is 8.52. The Hall–Kier alpha value is -1.56. The Labute approximate surface area is 102 Å². The van der Waals surface area contributed by atoms with Crippen LogP contribution in [0.4, 0.5) is 4.79 Å². The molecule has 0 atom stereocenters. The quantitative estimate of drug-likeness (QED) is 0.488. The molecule has 0 aliphatic carbocycles. The summed E-state index contributed by atoms with van der Waals surface area (Å²) in [6.07, 6.45) is 1.49. The lowest BCUT2D eigenvalue weighted by atomic mass is 10.2. The molecule has 0 aliphatic rings. The molecule has 3 N–H and O–H groups in total. The van der Waals surface area contributed by atoms with Gasteiger partial charge in [0, 0.05) is 5.33 Å². The normalized spacial score (nSPS) is 10.3. The summed E-state index contributed by atoms with van der Waals surface area (Å²) in [6.45, 7) is 0.597. The highest BCUT2D eigenvalue weighted by Crippen LogP contribution is 2.11. The lowest BCUT2D eigenvalue weighted by molar-refractivity contribution is 0.249. The molecule has 0 saturated heterocycles. The predicted octanol–water partition coefficient (Wildman–Crippen LogP) is 1.46. The summed E-state index contributed by atoms with van der Waals surface area (Å²) in [5, 5.41) is 4.42. The first-order valence-corrected chi connectivity index (χ1v) is 5.72. The van der Waals surface area contributed by atoms with E-state index in [2.05, 4.69) is 26.5 Å². The summed E-state index contributed by atoms with van der Waals surface area (Å²) in [6, 6.07) is 6.65. The molecule has 0 heterocycles. The molecule has 86 valence electrons. The number of nitrogens with zero attached hydrogens (tertiary/aromatic N) is 1. The van der Waals surface area contributed by atoms with Crippen molar-refractivity contribution >= 4 is 28.2 Å². The first-order chi connectivity index (χ1) is 7.72. The first-order valence-electron chi connectivity index (χ1n) is 4.59. The van der Waals surface area contributed by atoms with Gasteiger partial charge in [0.1, 0.15) is 5.75 Å². The number of hydrazone groups is 1. The van der Waals surface area contributed by atoms with E-state index < -0.39 is 6.03 Å². The van der Waals surface area contributed by atoms with Gasteiger partial charge in [-0.25, -0.2) is 10.2 Å². The van der Waals surface area contributed by atoms with E-state index in [1.54, 1.807) is 0 Å². The third-order valence-electron chi connectivity index (χ3n) is 1.59. The zero-order valence-corrected chi connectivity index (χ0v) is 10.1. The van der Waals surface area contributed by atoms with E-state index in [1.165, 1.54) is 6.21 Å². The summed E-state index contributed by atoms with van der Waals surface area (Å²) in [4.78, 5) is 10.4. The molecule has 0 saturated carbocycles. The van der Waals surface area contributed by atoms with E-state index in [4.69, 9.17) is 10.5 Å². The minimum Gasteiger partial charge on any atom is -0.493 e. The average Bonchev–Trinajstić information content (AvgIpc) is 2.26. The Morgan fingerprint density at radius 1 is 1.62 bits per heavy atom. The molecule has 0 radical (unpaired) electrons. The van der Waals surface area contributed by atoms with Gasteiger partial charge in [0.05, 0.1) is 12.8 Å². The van der Waals surface area contributed by atoms with Crippen LogP contribution in [0, 0.1) is 0 Å². The highest BCUT2D eigenvalue weighted by Gasteiger charge is 1.94. The van der Waals surface area contributed by atoms with Gasteiger partial charge < -0.3 is 10.5 Å². The number of carbonyl (C=O) groups excluding carboxylic acids is 1. The number of alkyl halides is 1. The number of rotatable bonds is 5. The average molecular weight is 286 g/mol. The molecule has 1 aromatic carbocycles. The minimum absolute atomic E-state index is 0.597. The van der Waals surface area contributed by atoms with Crippen LogP contribution in [0.5, 0.6) is 5.75 Å². The molecule has 1 aromatic rings. The number of amides is 2. The molecule has 0 fully saturated rings. The second-order valence-electron chi connectivity index (χ2n) is 2.84. The fourth-order valence-corrected chi connectivity index (χ4v) is 1.17. The van der Waals surface area contributed by atoms with E-state index in [0.717, 1.165) is 16.6 Å². The number of carbonyl (C=O) groups is 1. The van der Waals surface area contributed by atoms with Crippen LogP contribution >= 0.6 is 15.9 Å². The lowest BCUT2D eigenvalue weighted by Gasteiger charge is -2.03. The molecule has 0 unspecified atom stereocenters. The highest BCUT2D eigenvalue weighted by molar-refractivity contribution is 9.09. The van der Waals surface area contributed by atoms with Crippen LogP contribution in [0.25, 0.3) is 0 Å². The summed E-state index contributed by atoms with van der Waals surface area (Å²) < 4.78 is 5.40. The molecule has 6 heteroatoms. The van der Waals surface area contributed by atoms with E-state index >= 15 is 0 Å². The summed E-state index contributed by atoms with van der Waals surface area (Å²) in [7, 11) is 0. The largest absolute Gasteiger partial charge is 0.493 e. The third-order valence-corrected chi connectivity index (χ3v) is 1.92. The zero-order chi connectivity index (χ0) is 11.8. The Morgan fingerprint density at radius 3 is 3.12 bits per heavy atom. The van der Waals surface area contributed by atoms with Crippen LogP contribution in [0.1, 0.15) is 5.56 Å². The second kappa shape index (κ2) is 6.84. The number of benzene rings is 1. The number of halogens is 1. The third kappa shape index (κ3) is 4.79. The van der Waals surface area contributed by atoms with Gasteiger partial charge in [0.25, 0.3) is 0 Å². The van der Waals surface area contributed by atoms with Crippen LogP contribution in [0.3, 0.4) is 0 Å². The molecule has 0 aromatic heterocycles. The van der Waals surface area contributed by atoms with Crippen molar-refractivity contribution in [2.45, 2.75) is 0 Å². The Balaban J connectivity index is 2.59. The molecular weight excluding hydrogens is 274 g/mol. The number of hydrogen-bond acceptors (Lipinski definition) is 3. The van der Waals surface area contributed by atoms with Gasteiger partial charge in [-0.15, -0.1) is 0 Å². The van der Waals surface area contributed by atoms with Crippen LogP contribution < -0.4 is 15.9 Å². The molecule has 5 nitrogen and oxygen atoms in total. The minimum atomic E-state index is -0.692. The van der Waals surface area contributed by atoms with Crippen molar-refractivity contribution in [3.63, 3.8) is 0 Å². The molecule has 0 spiro atoms. The van der Waals surface area contributed by atoms with Crippen molar-refractivity contribution < 1.29 is 9.53 Å². The molecule has 2 amide bonds. The second-order valence-corrected chi connectivity index (χ2v) is 3.64. The van der Waals surface area contributed by atoms with Gasteiger partial charge >= 0.3 is 6.03 Å². The van der Waals surface area contributed by atoms with Gasteiger partial charge in [0.15, 0.2) is 0 Å². The summed E-state index contributed by atoms with van der Waals surface area (Å²) in [5.41, 5.74) is 7.80. The fourth-order valence-electron chi connectivity index (χ4n) is 1.01. The highest BCUT2D eigenvalue weighted by atomic mass is 79.9. The van der Waals surface area contributed by atoms with Gasteiger partial charge in [-0.05, 0) is 17.7 Å². The number of hydrogen-bond donors (Lipinski definition) is 2. The maximum Gasteiger partial charge on any atom is 0.332 e. The molecule has 0 bridgehead atoms. The van der Waals surface area contributed by atoms with Crippen molar-refractivity contribution in [1.29, 1.82) is 0 Å². The number of nitrogens with two attached hydrogens (primary N) is 1. The Morgan fingerprint density at radius 2 is 2.44 bits per heavy atom. The number of ether oxygens (including phenoxy) is 1. The lowest BCUT2D eigenvalue weighted by Crippen LogP contribution is -2.24. The van der Waals surface area contributed by atoms with Crippen molar-refractivity contribution in [2.24, 2.45) is 10.8 Å². The number of nitrogens with one attached hydrogen (secondary N) is 1. The monoisotopic (exact) mass is 285 g/mol. The van der Waals surface area contributed by atoms with Gasteiger partial charge in [-0.1, -0.05) is 28.1 Å². The van der Waals surface area contributed by atoms with Crippen LogP contribution in [0.2, 0.25) is 0 Å². The Bertz CT molecular complexity index is 382. The van der Waals surface area contributed by atoms with E-state index in [1.807, 2.05) is 24.3 Å². The Kier molecular flexibility index (Phi) is 5.35. The SMILES string of the molecule is NC(=O)N/N=C\c1cccc(OCCBr)c1. The van der Waals surface area contributed by atoms with E-state index in [9.17, 15) is 4.79 Å². The molecule has 16 heavy (non-hydrogen) atoms. The standard InChI is InChI=1S/C10H12BrN3O2/c11-4-5-16-9-3-1-2-8(6-9)7-13-14-10(12)15/h1-3,6-7H,4-5H2,(H3,12,14,15)/b13-7-. The predicted molar refractivity (Wildman–Crippen MR) is 66.0 cm³/mol. The maximum absolute atomic E-state index is 10.4. The van der Waals surface area contributed by atoms with Crippen molar-refractivity contribution in [1.82, 2.24) is 5.43 Å². The summed E-state index contributed by atoms with van der Waals surface area (Å²) in [5.74, 6) is 0.752. The maximum atomic E-state index is 10.4. The van der Waals surface area contributed by atoms with Crippen molar-refractivity contribution in [3.05, 3.63) is 29.8 Å². The molecule has 0 aliphatic heterocycles. The van der Waals surface area contributed by atoms with Crippen molar-refractivity contribution in [2.75, 3.05) is 11.9 Å².